The molecule has 1 heterocycles. The van der Waals surface area contributed by atoms with E-state index in [0.717, 1.165) is 12.1 Å². The number of pyridine rings is 1. The molecular formula is C12H20N2O. The summed E-state index contributed by atoms with van der Waals surface area (Å²) in [6.07, 6.45) is 1.06. The first kappa shape index (κ1) is 11.8. The Morgan fingerprint density at radius 1 is 1.40 bits per heavy atom. The van der Waals surface area contributed by atoms with Gasteiger partial charge in [0.25, 0.3) is 5.56 Å². The summed E-state index contributed by atoms with van der Waals surface area (Å²) >= 11 is 0. The predicted octanol–water partition coefficient (Wildman–Crippen LogP) is 2.35. The first-order chi connectivity index (χ1) is 6.99. The van der Waals surface area contributed by atoms with Crippen molar-refractivity contribution in [3.8, 4) is 0 Å². The number of aromatic nitrogens is 1. The van der Waals surface area contributed by atoms with Gasteiger partial charge in [0.1, 0.15) is 0 Å². The fourth-order valence-electron chi connectivity index (χ4n) is 1.77. The monoisotopic (exact) mass is 208 g/mol. The zero-order valence-electron chi connectivity index (χ0n) is 9.95. The summed E-state index contributed by atoms with van der Waals surface area (Å²) in [7, 11) is 0. The van der Waals surface area contributed by atoms with E-state index in [-0.39, 0.29) is 11.6 Å². The minimum absolute atomic E-state index is 0.0366. The number of anilines is 1. The van der Waals surface area contributed by atoms with E-state index >= 15 is 0 Å². The molecule has 0 amide bonds. The van der Waals surface area contributed by atoms with E-state index in [1.807, 2.05) is 6.92 Å². The molecule has 0 saturated carbocycles. The summed E-state index contributed by atoms with van der Waals surface area (Å²) in [6.45, 7) is 8.26. The molecule has 2 unspecified atom stereocenters. The van der Waals surface area contributed by atoms with Crippen LogP contribution in [0.25, 0.3) is 0 Å². The number of nitrogens with zero attached hydrogens (tertiary/aromatic N) is 1. The Balaban J connectivity index is 3.24. The molecule has 1 aromatic heterocycles. The third kappa shape index (κ3) is 2.22. The van der Waals surface area contributed by atoms with Crippen LogP contribution in [-0.2, 0) is 0 Å². The lowest BCUT2D eigenvalue weighted by Crippen LogP contribution is -2.28. The Bertz CT molecular complexity index is 395. The van der Waals surface area contributed by atoms with Crippen LogP contribution in [0.1, 0.15) is 38.9 Å². The maximum absolute atomic E-state index is 11.8. The summed E-state index contributed by atoms with van der Waals surface area (Å²) in [5, 5.41) is 0. The fraction of sp³-hybridized carbons (Fsp3) is 0.583. The van der Waals surface area contributed by atoms with Crippen LogP contribution < -0.4 is 11.3 Å². The highest BCUT2D eigenvalue weighted by Gasteiger charge is 2.15. The molecule has 15 heavy (non-hydrogen) atoms. The lowest BCUT2D eigenvalue weighted by atomic mass is 10.00. The molecule has 2 N–H and O–H groups in total. The van der Waals surface area contributed by atoms with Crippen molar-refractivity contribution >= 4 is 5.69 Å². The van der Waals surface area contributed by atoms with E-state index in [0.29, 0.717) is 11.6 Å². The minimum Gasteiger partial charge on any atom is -0.397 e. The van der Waals surface area contributed by atoms with Crippen LogP contribution in [-0.4, -0.2) is 4.57 Å². The average Bonchev–Trinajstić information content (AvgIpc) is 2.22. The molecule has 0 spiro atoms. The number of hydrogen-bond donors (Lipinski definition) is 1. The largest absolute Gasteiger partial charge is 0.397 e. The van der Waals surface area contributed by atoms with Crippen molar-refractivity contribution in [1.29, 1.82) is 0 Å². The van der Waals surface area contributed by atoms with Crippen LogP contribution in [0.3, 0.4) is 0 Å². The van der Waals surface area contributed by atoms with Gasteiger partial charge in [0.05, 0.1) is 5.69 Å². The average molecular weight is 208 g/mol. The highest BCUT2D eigenvalue weighted by molar-refractivity contribution is 5.41. The van der Waals surface area contributed by atoms with Gasteiger partial charge in [-0.1, -0.05) is 20.3 Å². The molecule has 3 heteroatoms. The molecular weight excluding hydrogens is 188 g/mol. The van der Waals surface area contributed by atoms with E-state index < -0.39 is 0 Å². The Labute approximate surface area is 90.9 Å². The number of nitrogen functional groups attached to an aromatic ring is 1. The van der Waals surface area contributed by atoms with Gasteiger partial charge in [0.2, 0.25) is 0 Å². The Morgan fingerprint density at radius 2 is 2.00 bits per heavy atom. The summed E-state index contributed by atoms with van der Waals surface area (Å²) in [5.74, 6) is 0.475. The van der Waals surface area contributed by atoms with Crippen LogP contribution in [0, 0.1) is 12.8 Å². The molecule has 1 rings (SSSR count). The fourth-order valence-corrected chi connectivity index (χ4v) is 1.77. The summed E-state index contributed by atoms with van der Waals surface area (Å²) in [4.78, 5) is 11.8. The van der Waals surface area contributed by atoms with E-state index in [4.69, 9.17) is 5.73 Å². The van der Waals surface area contributed by atoms with E-state index in [1.165, 1.54) is 0 Å². The standard InChI is InChI=1S/C12H20N2O/c1-5-8(2)9(3)14-10(4)11(13)6-7-12(14)15/h6-9H,5,13H2,1-4H3. The quantitative estimate of drug-likeness (QED) is 0.828. The second-order valence-electron chi connectivity index (χ2n) is 4.21. The SMILES string of the molecule is CCC(C)C(C)n1c(C)c(N)ccc1=O. The van der Waals surface area contributed by atoms with Crippen molar-refractivity contribution in [2.24, 2.45) is 5.92 Å². The van der Waals surface area contributed by atoms with E-state index in [1.54, 1.807) is 16.7 Å². The summed E-state index contributed by atoms with van der Waals surface area (Å²) < 4.78 is 1.80. The molecule has 0 aliphatic rings. The van der Waals surface area contributed by atoms with Crippen LogP contribution >= 0.6 is 0 Å². The second kappa shape index (κ2) is 4.51. The van der Waals surface area contributed by atoms with E-state index in [2.05, 4.69) is 20.8 Å². The normalized spacial score (nSPS) is 14.9. The lowest BCUT2D eigenvalue weighted by molar-refractivity contribution is 0.357. The Kier molecular flexibility index (Phi) is 3.56. The summed E-state index contributed by atoms with van der Waals surface area (Å²) in [6, 6.07) is 3.42. The highest BCUT2D eigenvalue weighted by Crippen LogP contribution is 2.21. The van der Waals surface area contributed by atoms with Crippen molar-refractivity contribution in [1.82, 2.24) is 4.57 Å². The molecule has 0 aromatic carbocycles. The molecule has 1 aromatic rings. The van der Waals surface area contributed by atoms with Crippen LogP contribution in [0.2, 0.25) is 0 Å². The zero-order chi connectivity index (χ0) is 11.6. The van der Waals surface area contributed by atoms with Gasteiger partial charge in [0, 0.05) is 17.8 Å². The van der Waals surface area contributed by atoms with Crippen LogP contribution in [0.5, 0.6) is 0 Å². The molecule has 0 aliphatic heterocycles. The number of nitrogens with two attached hydrogens (primary N) is 1. The Hall–Kier alpha value is -1.25. The van der Waals surface area contributed by atoms with Gasteiger partial charge in [-0.2, -0.15) is 0 Å². The van der Waals surface area contributed by atoms with Gasteiger partial charge in [-0.15, -0.1) is 0 Å². The van der Waals surface area contributed by atoms with Gasteiger partial charge in [-0.05, 0) is 25.8 Å². The first-order valence-corrected chi connectivity index (χ1v) is 5.46. The predicted molar refractivity (Wildman–Crippen MR) is 64.0 cm³/mol. The lowest BCUT2D eigenvalue weighted by Gasteiger charge is -2.23. The van der Waals surface area contributed by atoms with Crippen molar-refractivity contribution in [3.63, 3.8) is 0 Å². The van der Waals surface area contributed by atoms with Gasteiger partial charge in [-0.3, -0.25) is 4.79 Å². The maximum Gasteiger partial charge on any atom is 0.251 e. The van der Waals surface area contributed by atoms with Crippen molar-refractivity contribution in [3.05, 3.63) is 28.2 Å². The maximum atomic E-state index is 11.8. The minimum atomic E-state index is 0.0366. The van der Waals surface area contributed by atoms with Crippen molar-refractivity contribution < 1.29 is 0 Å². The molecule has 0 fully saturated rings. The smallest absolute Gasteiger partial charge is 0.251 e. The first-order valence-electron chi connectivity index (χ1n) is 5.46. The zero-order valence-corrected chi connectivity index (χ0v) is 9.95. The van der Waals surface area contributed by atoms with Crippen molar-refractivity contribution in [2.75, 3.05) is 5.73 Å². The molecule has 2 atom stereocenters. The molecule has 0 saturated heterocycles. The van der Waals surface area contributed by atoms with E-state index in [9.17, 15) is 4.79 Å². The topological polar surface area (TPSA) is 48.0 Å². The number of hydrogen-bond acceptors (Lipinski definition) is 2. The van der Waals surface area contributed by atoms with Crippen LogP contribution in [0.4, 0.5) is 5.69 Å². The van der Waals surface area contributed by atoms with Crippen molar-refractivity contribution in [2.45, 2.75) is 40.2 Å². The van der Waals surface area contributed by atoms with Gasteiger partial charge in [-0.25, -0.2) is 0 Å². The van der Waals surface area contributed by atoms with Crippen LogP contribution in [0.15, 0.2) is 16.9 Å². The number of rotatable bonds is 3. The second-order valence-corrected chi connectivity index (χ2v) is 4.21. The summed E-state index contributed by atoms with van der Waals surface area (Å²) in [5.41, 5.74) is 7.40. The molecule has 0 aliphatic carbocycles. The Morgan fingerprint density at radius 3 is 2.53 bits per heavy atom. The highest BCUT2D eigenvalue weighted by atomic mass is 16.1. The van der Waals surface area contributed by atoms with Gasteiger partial charge >= 0.3 is 0 Å². The van der Waals surface area contributed by atoms with Gasteiger partial charge in [0.15, 0.2) is 0 Å². The molecule has 84 valence electrons. The molecule has 0 bridgehead atoms. The molecule has 0 radical (unpaired) electrons. The third-order valence-electron chi connectivity index (χ3n) is 3.30. The third-order valence-corrected chi connectivity index (χ3v) is 3.30. The molecule has 3 nitrogen and oxygen atoms in total. The van der Waals surface area contributed by atoms with Gasteiger partial charge < -0.3 is 10.3 Å².